The number of halogens is 1. The van der Waals surface area contributed by atoms with E-state index in [4.69, 9.17) is 4.74 Å². The minimum Gasteiger partial charge on any atom is -0.374 e. The van der Waals surface area contributed by atoms with E-state index in [2.05, 4.69) is 32.5 Å². The second-order valence-electron chi connectivity index (χ2n) is 6.60. The minimum atomic E-state index is 0. The second kappa shape index (κ2) is 7.23. The third kappa shape index (κ3) is 3.37. The first-order valence-corrected chi connectivity index (χ1v) is 9.14. The van der Waals surface area contributed by atoms with Crippen molar-refractivity contribution in [1.82, 2.24) is 15.2 Å². The van der Waals surface area contributed by atoms with Crippen molar-refractivity contribution in [2.75, 3.05) is 26.7 Å². The molecule has 4 rings (SSSR count). The van der Waals surface area contributed by atoms with Gasteiger partial charge in [-0.1, -0.05) is 0 Å². The van der Waals surface area contributed by atoms with Crippen LogP contribution in [0.15, 0.2) is 10.4 Å². The van der Waals surface area contributed by atoms with Gasteiger partial charge in [-0.25, -0.2) is 4.98 Å². The van der Waals surface area contributed by atoms with E-state index in [1.165, 1.54) is 18.5 Å². The molecule has 3 saturated heterocycles. The summed E-state index contributed by atoms with van der Waals surface area (Å²) < 4.78 is 6.05. The molecule has 4 atom stereocenters. The molecule has 3 fully saturated rings. The molecule has 4 heterocycles. The quantitative estimate of drug-likeness (QED) is 0.438. The van der Waals surface area contributed by atoms with Crippen LogP contribution < -0.4 is 5.32 Å². The molecule has 5 nitrogen and oxygen atoms in total. The van der Waals surface area contributed by atoms with Crippen LogP contribution in [-0.4, -0.2) is 54.7 Å². The Kier molecular flexibility index (Phi) is 5.47. The largest absolute Gasteiger partial charge is 0.374 e. The van der Waals surface area contributed by atoms with Crippen LogP contribution in [0.4, 0.5) is 0 Å². The van der Waals surface area contributed by atoms with E-state index in [1.54, 1.807) is 11.3 Å². The maximum atomic E-state index is 6.05. The number of fused-ring (bicyclic) bond motifs is 5. The second-order valence-corrected chi connectivity index (χ2v) is 7.67. The summed E-state index contributed by atoms with van der Waals surface area (Å²) in [5, 5.41) is 6.80. The number of ether oxygens (including phenoxy) is 1. The molecule has 0 spiro atoms. The Balaban J connectivity index is 0.00000156. The summed E-state index contributed by atoms with van der Waals surface area (Å²) in [5.74, 6) is 2.48. The number of likely N-dealkylation sites (tertiary alicyclic amines) is 1. The average Bonchev–Trinajstić information content (AvgIpc) is 3.25. The molecule has 0 aromatic carbocycles. The smallest absolute Gasteiger partial charge is 0.193 e. The SMILES string of the molecule is CN=C(NCCc1csc(C)n1)N1CC2C3CCC(O3)C2C1.I. The molecule has 0 aliphatic carbocycles. The lowest BCUT2D eigenvalue weighted by atomic mass is 9.82. The molecular formula is C16H25IN4OS. The normalized spacial score (nSPS) is 32.1. The maximum absolute atomic E-state index is 6.05. The molecule has 128 valence electrons. The molecule has 0 radical (unpaired) electrons. The average molecular weight is 448 g/mol. The van der Waals surface area contributed by atoms with Gasteiger partial charge in [0, 0.05) is 50.3 Å². The highest BCUT2D eigenvalue weighted by Crippen LogP contribution is 2.47. The van der Waals surface area contributed by atoms with Crippen LogP contribution in [0.25, 0.3) is 0 Å². The van der Waals surface area contributed by atoms with Gasteiger partial charge >= 0.3 is 0 Å². The number of aromatic nitrogens is 1. The fourth-order valence-electron chi connectivity index (χ4n) is 4.29. The predicted molar refractivity (Wildman–Crippen MR) is 104 cm³/mol. The van der Waals surface area contributed by atoms with E-state index in [0.717, 1.165) is 48.9 Å². The first-order chi connectivity index (χ1) is 10.7. The van der Waals surface area contributed by atoms with E-state index in [0.29, 0.717) is 12.2 Å². The van der Waals surface area contributed by atoms with Gasteiger partial charge in [0.05, 0.1) is 22.9 Å². The molecule has 0 amide bonds. The molecule has 1 aromatic rings. The topological polar surface area (TPSA) is 49.8 Å². The fraction of sp³-hybridized carbons (Fsp3) is 0.750. The lowest BCUT2D eigenvalue weighted by molar-refractivity contribution is 0.0767. The molecule has 0 saturated carbocycles. The Morgan fingerprint density at radius 2 is 2.09 bits per heavy atom. The summed E-state index contributed by atoms with van der Waals surface area (Å²) in [6.07, 6.45) is 4.49. The lowest BCUT2D eigenvalue weighted by Crippen LogP contribution is -2.42. The number of nitrogens with one attached hydrogen (secondary N) is 1. The van der Waals surface area contributed by atoms with Crippen molar-refractivity contribution in [3.05, 3.63) is 16.1 Å². The highest BCUT2D eigenvalue weighted by Gasteiger charge is 2.53. The van der Waals surface area contributed by atoms with Crippen molar-refractivity contribution in [3.63, 3.8) is 0 Å². The summed E-state index contributed by atoms with van der Waals surface area (Å²) in [4.78, 5) is 11.4. The first kappa shape index (κ1) is 17.4. The Hall–Kier alpha value is -0.410. The van der Waals surface area contributed by atoms with Crippen LogP contribution in [-0.2, 0) is 11.2 Å². The fourth-order valence-corrected chi connectivity index (χ4v) is 4.94. The summed E-state index contributed by atoms with van der Waals surface area (Å²) in [7, 11) is 1.88. The van der Waals surface area contributed by atoms with E-state index in [1.807, 2.05) is 7.05 Å². The molecule has 3 aliphatic heterocycles. The van der Waals surface area contributed by atoms with Crippen LogP contribution in [0.3, 0.4) is 0 Å². The number of hydrogen-bond donors (Lipinski definition) is 1. The van der Waals surface area contributed by atoms with E-state index in [9.17, 15) is 0 Å². The van der Waals surface area contributed by atoms with E-state index in [-0.39, 0.29) is 24.0 Å². The van der Waals surface area contributed by atoms with E-state index >= 15 is 0 Å². The Bertz CT molecular complexity index is 560. The summed E-state index contributed by atoms with van der Waals surface area (Å²) in [6.45, 7) is 5.15. The highest BCUT2D eigenvalue weighted by atomic mass is 127. The Labute approximate surface area is 158 Å². The van der Waals surface area contributed by atoms with Crippen LogP contribution >= 0.6 is 35.3 Å². The van der Waals surface area contributed by atoms with Crippen molar-refractivity contribution in [1.29, 1.82) is 0 Å². The summed E-state index contributed by atoms with van der Waals surface area (Å²) in [5.41, 5.74) is 1.18. The van der Waals surface area contributed by atoms with Crippen molar-refractivity contribution >= 4 is 41.3 Å². The number of aryl methyl sites for hydroxylation is 1. The van der Waals surface area contributed by atoms with Gasteiger partial charge in [-0.2, -0.15) is 0 Å². The molecule has 23 heavy (non-hydrogen) atoms. The van der Waals surface area contributed by atoms with E-state index < -0.39 is 0 Å². The standard InChI is InChI=1S/C16H24N4OS.HI/c1-10-19-11(9-22-10)5-6-18-16(17-2)20-7-12-13(8-20)15-4-3-14(12)21-15;/h9,12-15H,3-8H2,1-2H3,(H,17,18);1H. The van der Waals surface area contributed by atoms with Crippen LogP contribution in [0.1, 0.15) is 23.5 Å². The molecule has 4 unspecified atom stereocenters. The highest BCUT2D eigenvalue weighted by molar-refractivity contribution is 14.0. The molecule has 2 bridgehead atoms. The van der Waals surface area contributed by atoms with Gasteiger partial charge in [-0.05, 0) is 19.8 Å². The van der Waals surface area contributed by atoms with Crippen LogP contribution in [0.5, 0.6) is 0 Å². The zero-order valence-corrected chi connectivity index (χ0v) is 16.8. The Morgan fingerprint density at radius 3 is 2.65 bits per heavy atom. The zero-order valence-electron chi connectivity index (χ0n) is 13.7. The van der Waals surface area contributed by atoms with Crippen LogP contribution in [0.2, 0.25) is 0 Å². The predicted octanol–water partition coefficient (Wildman–Crippen LogP) is 2.30. The molecular weight excluding hydrogens is 423 g/mol. The lowest BCUT2D eigenvalue weighted by Gasteiger charge is -2.23. The first-order valence-electron chi connectivity index (χ1n) is 8.26. The Morgan fingerprint density at radius 1 is 1.39 bits per heavy atom. The maximum Gasteiger partial charge on any atom is 0.193 e. The van der Waals surface area contributed by atoms with Gasteiger partial charge in [0.15, 0.2) is 5.96 Å². The number of guanidine groups is 1. The van der Waals surface area contributed by atoms with Gasteiger partial charge in [-0.15, -0.1) is 35.3 Å². The number of hydrogen-bond acceptors (Lipinski definition) is 4. The molecule has 7 heteroatoms. The van der Waals surface area contributed by atoms with Gasteiger partial charge in [-0.3, -0.25) is 4.99 Å². The van der Waals surface area contributed by atoms with Gasteiger partial charge in [0.25, 0.3) is 0 Å². The third-order valence-electron chi connectivity index (χ3n) is 5.29. The third-order valence-corrected chi connectivity index (χ3v) is 6.12. The number of rotatable bonds is 3. The summed E-state index contributed by atoms with van der Waals surface area (Å²) >= 11 is 1.72. The molecule has 1 aromatic heterocycles. The number of nitrogens with zero attached hydrogens (tertiary/aromatic N) is 3. The minimum absolute atomic E-state index is 0. The van der Waals surface area contributed by atoms with Gasteiger partial charge in [0.2, 0.25) is 0 Å². The van der Waals surface area contributed by atoms with Crippen molar-refractivity contribution in [3.8, 4) is 0 Å². The zero-order chi connectivity index (χ0) is 15.1. The van der Waals surface area contributed by atoms with Gasteiger partial charge < -0.3 is 15.0 Å². The number of thiazole rings is 1. The molecule has 3 aliphatic rings. The van der Waals surface area contributed by atoms with Crippen LogP contribution in [0, 0.1) is 18.8 Å². The van der Waals surface area contributed by atoms with Crippen molar-refractivity contribution in [2.24, 2.45) is 16.8 Å². The van der Waals surface area contributed by atoms with Crippen molar-refractivity contribution < 1.29 is 4.74 Å². The number of aliphatic imine (C=N–C) groups is 1. The molecule has 1 N–H and O–H groups in total. The monoisotopic (exact) mass is 448 g/mol. The van der Waals surface area contributed by atoms with Gasteiger partial charge in [0.1, 0.15) is 0 Å². The summed E-state index contributed by atoms with van der Waals surface area (Å²) in [6, 6.07) is 0. The van der Waals surface area contributed by atoms with Crippen molar-refractivity contribution in [2.45, 2.75) is 38.4 Å².